The van der Waals surface area contributed by atoms with Crippen molar-refractivity contribution < 1.29 is 19.1 Å². The first-order chi connectivity index (χ1) is 12.9. The van der Waals surface area contributed by atoms with Gasteiger partial charge in [-0.1, -0.05) is 29.8 Å². The Hall–Kier alpha value is -3.15. The lowest BCUT2D eigenvalue weighted by Crippen LogP contribution is -2.35. The molecule has 1 aliphatic heterocycles. The fraction of sp³-hybridized carbons (Fsp3) is 0.286. The van der Waals surface area contributed by atoms with Gasteiger partial charge in [0.25, 0.3) is 11.8 Å². The van der Waals surface area contributed by atoms with Crippen LogP contribution in [0.3, 0.4) is 0 Å². The van der Waals surface area contributed by atoms with E-state index in [1.165, 1.54) is 0 Å². The minimum atomic E-state index is -0.350. The summed E-state index contributed by atoms with van der Waals surface area (Å²) in [7, 11) is 1.59. The van der Waals surface area contributed by atoms with Gasteiger partial charge in [0.05, 0.1) is 24.3 Å². The Labute approximate surface area is 158 Å². The highest BCUT2D eigenvalue weighted by Crippen LogP contribution is 2.26. The average molecular weight is 366 g/mol. The minimum absolute atomic E-state index is 0.0456. The summed E-state index contributed by atoms with van der Waals surface area (Å²) in [6.45, 7) is 3.90. The van der Waals surface area contributed by atoms with Crippen molar-refractivity contribution in [3.63, 3.8) is 0 Å². The highest BCUT2D eigenvalue weighted by atomic mass is 16.5. The number of fused-ring (bicyclic) bond motifs is 1. The number of hydrogen-bond donors (Lipinski definition) is 1. The van der Waals surface area contributed by atoms with E-state index in [1.807, 2.05) is 32.0 Å². The fourth-order valence-corrected chi connectivity index (χ4v) is 3.24. The molecule has 1 N–H and O–H groups in total. The van der Waals surface area contributed by atoms with E-state index in [4.69, 9.17) is 4.74 Å². The van der Waals surface area contributed by atoms with Gasteiger partial charge in [0.15, 0.2) is 0 Å². The van der Waals surface area contributed by atoms with Crippen molar-refractivity contribution in [2.45, 2.75) is 26.3 Å². The normalized spacial score (nSPS) is 14.1. The number of imide groups is 1. The van der Waals surface area contributed by atoms with E-state index in [9.17, 15) is 14.4 Å². The van der Waals surface area contributed by atoms with Crippen molar-refractivity contribution in [1.82, 2.24) is 10.2 Å². The van der Waals surface area contributed by atoms with Crippen LogP contribution in [0.25, 0.3) is 0 Å². The van der Waals surface area contributed by atoms with Gasteiger partial charge in [-0.25, -0.2) is 0 Å². The number of hydrogen-bond acceptors (Lipinski definition) is 4. The summed E-state index contributed by atoms with van der Waals surface area (Å²) >= 11 is 0. The molecule has 0 fully saturated rings. The van der Waals surface area contributed by atoms with Crippen molar-refractivity contribution in [2.24, 2.45) is 0 Å². The van der Waals surface area contributed by atoms with Crippen LogP contribution in [-0.4, -0.2) is 36.3 Å². The van der Waals surface area contributed by atoms with Crippen LogP contribution in [0.15, 0.2) is 42.5 Å². The lowest BCUT2D eigenvalue weighted by atomic mass is 10.0. The molecule has 2 aromatic rings. The maximum atomic E-state index is 12.4. The predicted octanol–water partition coefficient (Wildman–Crippen LogP) is 2.87. The van der Waals surface area contributed by atoms with Crippen molar-refractivity contribution >= 4 is 17.7 Å². The molecule has 6 heteroatoms. The molecule has 0 saturated carbocycles. The standard InChI is InChI=1S/C21H22N2O4/c1-13-8-9-18(27-3)17(12-13)14(2)22-19(24)10-11-23-20(25)15-6-4-5-7-16(15)21(23)26/h4-9,12,14H,10-11H2,1-3H3,(H,22,24). The molecule has 0 aliphatic carbocycles. The average Bonchev–Trinajstić information content (AvgIpc) is 2.91. The van der Waals surface area contributed by atoms with E-state index in [1.54, 1.807) is 31.4 Å². The molecule has 0 spiro atoms. The Morgan fingerprint density at radius 2 is 1.74 bits per heavy atom. The summed E-state index contributed by atoms with van der Waals surface area (Å²) in [6.07, 6.45) is 0.0456. The molecule has 1 heterocycles. The van der Waals surface area contributed by atoms with Gasteiger partial charge in [0.1, 0.15) is 5.75 Å². The van der Waals surface area contributed by atoms with Crippen LogP contribution in [0.4, 0.5) is 0 Å². The number of nitrogens with one attached hydrogen (secondary N) is 1. The maximum Gasteiger partial charge on any atom is 0.261 e. The Morgan fingerprint density at radius 1 is 1.11 bits per heavy atom. The van der Waals surface area contributed by atoms with Crippen molar-refractivity contribution in [1.29, 1.82) is 0 Å². The third kappa shape index (κ3) is 3.69. The minimum Gasteiger partial charge on any atom is -0.496 e. The zero-order chi connectivity index (χ0) is 19.6. The van der Waals surface area contributed by atoms with E-state index in [0.717, 1.165) is 16.0 Å². The van der Waals surface area contributed by atoms with Crippen LogP contribution < -0.4 is 10.1 Å². The second kappa shape index (κ2) is 7.61. The lowest BCUT2D eigenvalue weighted by molar-refractivity contribution is -0.121. The summed E-state index contributed by atoms with van der Waals surface area (Å²) in [5, 5.41) is 2.90. The van der Waals surface area contributed by atoms with E-state index < -0.39 is 0 Å². The fourth-order valence-electron chi connectivity index (χ4n) is 3.24. The molecule has 140 valence electrons. The molecule has 0 aromatic heterocycles. The van der Waals surface area contributed by atoms with Gasteiger partial charge < -0.3 is 10.1 Å². The molecule has 0 saturated heterocycles. The molecule has 1 atom stereocenters. The summed E-state index contributed by atoms with van der Waals surface area (Å²) in [5.74, 6) is -0.232. The first kappa shape index (κ1) is 18.6. The first-order valence-electron chi connectivity index (χ1n) is 8.81. The first-order valence-corrected chi connectivity index (χ1v) is 8.81. The number of amides is 3. The van der Waals surface area contributed by atoms with E-state index in [2.05, 4.69) is 5.32 Å². The van der Waals surface area contributed by atoms with Crippen LogP contribution in [0.5, 0.6) is 5.75 Å². The third-order valence-electron chi connectivity index (χ3n) is 4.67. The summed E-state index contributed by atoms with van der Waals surface area (Å²) in [6, 6.07) is 12.2. The molecule has 0 bridgehead atoms. The monoisotopic (exact) mass is 366 g/mol. The molecule has 0 radical (unpaired) electrons. The van der Waals surface area contributed by atoms with Crippen LogP contribution in [-0.2, 0) is 4.79 Å². The quantitative estimate of drug-likeness (QED) is 0.798. The Bertz CT molecular complexity index is 872. The van der Waals surface area contributed by atoms with Crippen LogP contribution in [0.1, 0.15) is 51.2 Å². The number of carbonyl (C=O) groups excluding carboxylic acids is 3. The van der Waals surface area contributed by atoms with Gasteiger partial charge in [0.2, 0.25) is 5.91 Å². The van der Waals surface area contributed by atoms with Crippen molar-refractivity contribution in [3.05, 3.63) is 64.7 Å². The van der Waals surface area contributed by atoms with Gasteiger partial charge in [0, 0.05) is 18.5 Å². The van der Waals surface area contributed by atoms with Gasteiger partial charge in [-0.15, -0.1) is 0 Å². The molecule has 3 amide bonds. The van der Waals surface area contributed by atoms with E-state index >= 15 is 0 Å². The largest absolute Gasteiger partial charge is 0.496 e. The molecule has 2 aromatic carbocycles. The number of nitrogens with zero attached hydrogens (tertiary/aromatic N) is 1. The lowest BCUT2D eigenvalue weighted by Gasteiger charge is -2.19. The Balaban J connectivity index is 1.62. The van der Waals surface area contributed by atoms with Crippen molar-refractivity contribution in [2.75, 3.05) is 13.7 Å². The molecule has 1 aliphatic rings. The number of aryl methyl sites for hydroxylation is 1. The predicted molar refractivity (Wildman–Crippen MR) is 101 cm³/mol. The van der Waals surface area contributed by atoms with Crippen LogP contribution in [0.2, 0.25) is 0 Å². The topological polar surface area (TPSA) is 75.7 Å². The zero-order valence-corrected chi connectivity index (χ0v) is 15.6. The number of rotatable bonds is 6. The highest BCUT2D eigenvalue weighted by Gasteiger charge is 2.35. The Kier molecular flexibility index (Phi) is 5.26. The van der Waals surface area contributed by atoms with Crippen LogP contribution >= 0.6 is 0 Å². The van der Waals surface area contributed by atoms with Gasteiger partial charge in [-0.2, -0.15) is 0 Å². The SMILES string of the molecule is COc1ccc(C)cc1C(C)NC(=O)CCN1C(=O)c2ccccc2C1=O. The summed E-state index contributed by atoms with van der Waals surface area (Å²) in [5.41, 5.74) is 2.73. The summed E-state index contributed by atoms with van der Waals surface area (Å²) < 4.78 is 5.36. The van der Waals surface area contributed by atoms with Gasteiger partial charge in [-0.3, -0.25) is 19.3 Å². The number of ether oxygens (including phenoxy) is 1. The molecule has 27 heavy (non-hydrogen) atoms. The molecular formula is C21H22N2O4. The Morgan fingerprint density at radius 3 is 2.33 bits per heavy atom. The zero-order valence-electron chi connectivity index (χ0n) is 15.6. The third-order valence-corrected chi connectivity index (χ3v) is 4.67. The molecular weight excluding hydrogens is 344 g/mol. The highest BCUT2D eigenvalue weighted by molar-refractivity contribution is 6.21. The second-order valence-electron chi connectivity index (χ2n) is 6.59. The second-order valence-corrected chi connectivity index (χ2v) is 6.59. The van der Waals surface area contributed by atoms with E-state index in [0.29, 0.717) is 16.9 Å². The smallest absolute Gasteiger partial charge is 0.261 e. The van der Waals surface area contributed by atoms with Crippen LogP contribution in [0, 0.1) is 6.92 Å². The number of benzene rings is 2. The van der Waals surface area contributed by atoms with Gasteiger partial charge >= 0.3 is 0 Å². The van der Waals surface area contributed by atoms with Gasteiger partial charge in [-0.05, 0) is 32.0 Å². The number of carbonyl (C=O) groups is 3. The number of methoxy groups -OCH3 is 1. The molecule has 1 unspecified atom stereocenters. The summed E-state index contributed by atoms with van der Waals surface area (Å²) in [4.78, 5) is 38.2. The molecule has 6 nitrogen and oxygen atoms in total. The molecule has 3 rings (SSSR count). The van der Waals surface area contributed by atoms with Crippen molar-refractivity contribution in [3.8, 4) is 5.75 Å². The maximum absolute atomic E-state index is 12.4. The van der Waals surface area contributed by atoms with E-state index in [-0.39, 0.29) is 36.7 Å².